The predicted molar refractivity (Wildman–Crippen MR) is 110 cm³/mol. The number of ether oxygens (including phenoxy) is 1. The summed E-state index contributed by atoms with van der Waals surface area (Å²) in [6.07, 6.45) is -0.281. The summed E-state index contributed by atoms with van der Waals surface area (Å²) < 4.78 is 90.0. The maximum Gasteiger partial charge on any atom is 0.573 e. The number of pyridine rings is 1. The number of halogens is 6. The first kappa shape index (κ1) is 23.9. The number of fused-ring (bicyclic) bond motifs is 1. The molecule has 0 amide bonds. The van der Waals surface area contributed by atoms with Gasteiger partial charge in [-0.1, -0.05) is 5.16 Å². The molecule has 0 aliphatic rings. The number of alkyl halides is 6. The van der Waals surface area contributed by atoms with Crippen LogP contribution in [-0.2, 0) is 21.7 Å². The molecule has 34 heavy (non-hydrogen) atoms. The van der Waals surface area contributed by atoms with E-state index in [1.165, 1.54) is 24.5 Å². The quantitative estimate of drug-likeness (QED) is 0.255. The lowest BCUT2D eigenvalue weighted by Gasteiger charge is -2.09. The Bertz CT molecular complexity index is 1450. The number of aromatic nitrogens is 4. The Balaban J connectivity index is 1.54. The number of hydrogen-bond donors (Lipinski definition) is 0. The average molecular weight is 522 g/mol. The van der Waals surface area contributed by atoms with Crippen molar-refractivity contribution in [3.63, 3.8) is 0 Å². The zero-order valence-corrected chi connectivity index (χ0v) is 18.5. The van der Waals surface area contributed by atoms with Gasteiger partial charge >= 0.3 is 17.6 Å². The molecule has 15 heteroatoms. The number of nitrogens with zero attached hydrogens (tertiary/aromatic N) is 5. The summed E-state index contributed by atoms with van der Waals surface area (Å²) in [4.78, 5) is 8.13. The molecule has 0 N–H and O–H groups in total. The van der Waals surface area contributed by atoms with Crippen LogP contribution < -0.4 is 4.74 Å². The van der Waals surface area contributed by atoms with E-state index in [4.69, 9.17) is 11.6 Å². The Hall–Kier alpha value is -3.26. The topological polar surface area (TPSA) is 94.9 Å². The molecule has 4 aromatic rings. The number of hydrogen-bond acceptors (Lipinski definition) is 7. The van der Waals surface area contributed by atoms with Crippen molar-refractivity contribution in [1.82, 2.24) is 19.5 Å². The highest BCUT2D eigenvalue weighted by atomic mass is 35.5. The fourth-order valence-electron chi connectivity index (χ4n) is 2.86. The summed E-state index contributed by atoms with van der Waals surface area (Å²) in [6.45, 7) is -0.0576. The summed E-state index contributed by atoms with van der Waals surface area (Å²) in [5, 5.41) is -0.316. The highest BCUT2D eigenvalue weighted by molar-refractivity contribution is 7.93. The van der Waals surface area contributed by atoms with E-state index < -0.39 is 33.1 Å². The molecule has 0 fully saturated rings. The SMILES string of the molecule is CS(=O)(=NCc1cn2ccc(-c3noc(C(F)(F)Cl)n3)cc2n1)c1ccc(OC(F)(F)F)cc1. The molecular weight excluding hydrogens is 509 g/mol. The van der Waals surface area contributed by atoms with E-state index in [2.05, 4.69) is 28.7 Å². The van der Waals surface area contributed by atoms with Crippen LogP contribution in [0.25, 0.3) is 17.0 Å². The molecule has 0 saturated heterocycles. The first-order chi connectivity index (χ1) is 15.8. The van der Waals surface area contributed by atoms with E-state index in [9.17, 15) is 26.2 Å². The van der Waals surface area contributed by atoms with E-state index in [1.54, 1.807) is 22.9 Å². The van der Waals surface area contributed by atoms with Crippen LogP contribution in [0.1, 0.15) is 11.6 Å². The van der Waals surface area contributed by atoms with Crippen LogP contribution in [0.2, 0.25) is 0 Å². The van der Waals surface area contributed by atoms with Gasteiger partial charge in [0.2, 0.25) is 5.82 Å². The molecule has 0 aliphatic carbocycles. The van der Waals surface area contributed by atoms with Gasteiger partial charge in [-0.2, -0.15) is 13.8 Å². The van der Waals surface area contributed by atoms with Gasteiger partial charge in [0.05, 0.1) is 22.0 Å². The van der Waals surface area contributed by atoms with Gasteiger partial charge < -0.3 is 13.7 Å². The van der Waals surface area contributed by atoms with Crippen molar-refractivity contribution in [1.29, 1.82) is 0 Å². The lowest BCUT2D eigenvalue weighted by molar-refractivity contribution is -0.274. The summed E-state index contributed by atoms with van der Waals surface area (Å²) in [6, 6.07) is 7.66. The van der Waals surface area contributed by atoms with Gasteiger partial charge in [-0.25, -0.2) is 13.6 Å². The fraction of sp³-hybridized carbons (Fsp3) is 0.211. The standard InChI is InChI=1S/C19H13ClF5N5O3S/c1-34(31,14-4-2-13(3-5-14)32-19(23,24)25)26-9-12-10-30-7-6-11(8-15(30)27-12)16-28-17(33-29-16)18(20,21)22/h2-8,10H,9H2,1H3. The van der Waals surface area contributed by atoms with Gasteiger partial charge in [0.1, 0.15) is 11.4 Å². The Kier molecular flexibility index (Phi) is 5.97. The third-order valence-electron chi connectivity index (χ3n) is 4.40. The monoisotopic (exact) mass is 521 g/mol. The lowest BCUT2D eigenvalue weighted by atomic mass is 10.2. The van der Waals surface area contributed by atoms with Crippen molar-refractivity contribution >= 4 is 27.0 Å². The minimum Gasteiger partial charge on any atom is -0.406 e. The molecule has 3 heterocycles. The molecule has 8 nitrogen and oxygen atoms in total. The molecule has 1 unspecified atom stereocenters. The minimum absolute atomic E-state index is 0.0576. The highest BCUT2D eigenvalue weighted by Gasteiger charge is 2.35. The zero-order valence-electron chi connectivity index (χ0n) is 17.0. The largest absolute Gasteiger partial charge is 0.573 e. The van der Waals surface area contributed by atoms with E-state index in [1.807, 2.05) is 0 Å². The third-order valence-corrected chi connectivity index (χ3v) is 6.33. The minimum atomic E-state index is -4.83. The number of benzene rings is 1. The van der Waals surface area contributed by atoms with Crippen molar-refractivity contribution in [3.8, 4) is 17.1 Å². The van der Waals surface area contributed by atoms with Crippen molar-refractivity contribution in [2.75, 3.05) is 6.26 Å². The second-order valence-corrected chi connectivity index (χ2v) is 9.75. The Morgan fingerprint density at radius 1 is 1.15 bits per heavy atom. The van der Waals surface area contributed by atoms with Crippen LogP contribution in [0.15, 0.2) is 62.6 Å². The predicted octanol–water partition coefficient (Wildman–Crippen LogP) is 5.23. The maximum absolute atomic E-state index is 13.1. The molecule has 3 aromatic heterocycles. The molecule has 0 saturated carbocycles. The van der Waals surface area contributed by atoms with Gasteiger partial charge in [-0.15, -0.1) is 13.2 Å². The molecule has 1 aromatic carbocycles. The fourth-order valence-corrected chi connectivity index (χ4v) is 4.11. The van der Waals surface area contributed by atoms with Crippen LogP contribution in [0.3, 0.4) is 0 Å². The van der Waals surface area contributed by atoms with Crippen LogP contribution in [0.5, 0.6) is 5.75 Å². The maximum atomic E-state index is 13.1. The number of rotatable bonds is 6. The molecule has 0 radical (unpaired) electrons. The summed E-state index contributed by atoms with van der Waals surface area (Å²) >= 11 is 4.88. The van der Waals surface area contributed by atoms with Crippen molar-refractivity contribution in [2.24, 2.45) is 4.36 Å². The van der Waals surface area contributed by atoms with E-state index >= 15 is 0 Å². The molecule has 0 aliphatic heterocycles. The third kappa shape index (κ3) is 5.44. The molecule has 0 spiro atoms. The second kappa shape index (κ2) is 8.51. The molecule has 180 valence electrons. The normalized spacial score (nSPS) is 14.2. The Labute approximate surface area is 193 Å². The van der Waals surface area contributed by atoms with Crippen LogP contribution in [0.4, 0.5) is 22.0 Å². The number of imidazole rings is 1. The first-order valence-corrected chi connectivity index (χ1v) is 11.5. The summed E-state index contributed by atoms with van der Waals surface area (Å²) in [7, 11) is -2.95. The van der Waals surface area contributed by atoms with Gasteiger partial charge in [0, 0.05) is 29.1 Å². The Morgan fingerprint density at radius 2 is 1.85 bits per heavy atom. The van der Waals surface area contributed by atoms with Gasteiger partial charge in [-0.3, -0.25) is 0 Å². The van der Waals surface area contributed by atoms with Crippen molar-refractivity contribution in [3.05, 3.63) is 60.4 Å². The lowest BCUT2D eigenvalue weighted by Crippen LogP contribution is -2.17. The van der Waals surface area contributed by atoms with Gasteiger partial charge in [0.25, 0.3) is 0 Å². The van der Waals surface area contributed by atoms with E-state index in [0.717, 1.165) is 12.1 Å². The molecule has 0 bridgehead atoms. The zero-order chi connectivity index (χ0) is 24.7. The molecule has 1 atom stereocenters. The second-order valence-electron chi connectivity index (χ2n) is 6.94. The highest BCUT2D eigenvalue weighted by Crippen LogP contribution is 2.32. The summed E-state index contributed by atoms with van der Waals surface area (Å²) in [5.41, 5.74) is 1.19. The van der Waals surface area contributed by atoms with E-state index in [-0.39, 0.29) is 17.3 Å². The molecule has 4 rings (SSSR count). The first-order valence-electron chi connectivity index (χ1n) is 9.23. The van der Waals surface area contributed by atoms with Crippen molar-refractivity contribution in [2.45, 2.75) is 23.2 Å². The Morgan fingerprint density at radius 3 is 2.47 bits per heavy atom. The smallest absolute Gasteiger partial charge is 0.406 e. The van der Waals surface area contributed by atoms with Gasteiger partial charge in [0.15, 0.2) is 0 Å². The molecular formula is C19H13ClF5N5O3S. The van der Waals surface area contributed by atoms with Crippen molar-refractivity contribution < 1.29 is 35.4 Å². The van der Waals surface area contributed by atoms with Crippen LogP contribution in [-0.4, -0.2) is 36.4 Å². The van der Waals surface area contributed by atoms with Crippen LogP contribution >= 0.6 is 11.6 Å². The van der Waals surface area contributed by atoms with Crippen LogP contribution in [0, 0.1) is 0 Å². The summed E-state index contributed by atoms with van der Waals surface area (Å²) in [5.74, 6) is -1.59. The average Bonchev–Trinajstić information content (AvgIpc) is 3.38. The van der Waals surface area contributed by atoms with E-state index in [0.29, 0.717) is 16.9 Å². The van der Waals surface area contributed by atoms with Gasteiger partial charge in [-0.05, 0) is 48.0 Å².